The zero-order chi connectivity index (χ0) is 9.52. The van der Waals surface area contributed by atoms with Gasteiger partial charge in [0.05, 0.1) is 6.61 Å². The van der Waals surface area contributed by atoms with Crippen LogP contribution in [0.5, 0.6) is 0 Å². The van der Waals surface area contributed by atoms with Crippen LogP contribution in [0.2, 0.25) is 0 Å². The molecule has 1 heterocycles. The molecule has 0 aromatic carbocycles. The highest BCUT2D eigenvalue weighted by atomic mass is 16.5. The predicted molar refractivity (Wildman–Crippen MR) is 50.6 cm³/mol. The van der Waals surface area contributed by atoms with Gasteiger partial charge >= 0.3 is 6.03 Å². The van der Waals surface area contributed by atoms with E-state index in [1.807, 2.05) is 6.92 Å². The van der Waals surface area contributed by atoms with Crippen molar-refractivity contribution >= 4 is 6.03 Å². The number of amides is 2. The van der Waals surface area contributed by atoms with Crippen LogP contribution in [0.3, 0.4) is 0 Å². The van der Waals surface area contributed by atoms with E-state index in [1.54, 1.807) is 0 Å². The number of hydrogen-bond acceptors (Lipinski definition) is 2. The lowest BCUT2D eigenvalue weighted by molar-refractivity contribution is 0.185. The van der Waals surface area contributed by atoms with Crippen LogP contribution in [-0.2, 0) is 4.74 Å². The largest absolute Gasteiger partial charge is 0.381 e. The first-order valence-corrected chi connectivity index (χ1v) is 4.92. The first kappa shape index (κ1) is 10.3. The van der Waals surface area contributed by atoms with E-state index in [2.05, 4.69) is 10.6 Å². The van der Waals surface area contributed by atoms with Gasteiger partial charge in [-0.25, -0.2) is 4.79 Å². The van der Waals surface area contributed by atoms with Crippen LogP contribution >= 0.6 is 0 Å². The zero-order valence-corrected chi connectivity index (χ0v) is 8.14. The minimum Gasteiger partial charge on any atom is -0.381 e. The van der Waals surface area contributed by atoms with Crippen molar-refractivity contribution in [2.75, 3.05) is 26.3 Å². The molecule has 1 saturated heterocycles. The fraction of sp³-hybridized carbons (Fsp3) is 0.889. The Morgan fingerprint density at radius 3 is 3.00 bits per heavy atom. The molecule has 0 aromatic rings. The van der Waals surface area contributed by atoms with Gasteiger partial charge in [-0.05, 0) is 12.8 Å². The Labute approximate surface area is 79.0 Å². The third-order valence-corrected chi connectivity index (χ3v) is 2.11. The lowest BCUT2D eigenvalue weighted by Crippen LogP contribution is -2.38. The van der Waals surface area contributed by atoms with Crippen molar-refractivity contribution in [1.29, 1.82) is 0 Å². The first-order valence-electron chi connectivity index (χ1n) is 4.92. The van der Waals surface area contributed by atoms with Gasteiger partial charge in [0.15, 0.2) is 0 Å². The topological polar surface area (TPSA) is 50.4 Å². The van der Waals surface area contributed by atoms with Crippen LogP contribution in [0, 0.1) is 5.92 Å². The lowest BCUT2D eigenvalue weighted by Gasteiger charge is -2.09. The fourth-order valence-corrected chi connectivity index (χ4v) is 1.28. The Bertz CT molecular complexity index is 156. The molecule has 0 bridgehead atoms. The van der Waals surface area contributed by atoms with E-state index in [-0.39, 0.29) is 6.03 Å². The maximum atomic E-state index is 11.1. The van der Waals surface area contributed by atoms with Gasteiger partial charge in [0.1, 0.15) is 0 Å². The molecule has 1 aliphatic rings. The second kappa shape index (κ2) is 5.80. The number of hydrogen-bond donors (Lipinski definition) is 2. The Balaban J connectivity index is 2.00. The van der Waals surface area contributed by atoms with E-state index in [0.717, 1.165) is 39.1 Å². The van der Waals surface area contributed by atoms with E-state index in [1.165, 1.54) is 0 Å². The molecular formula is C9H18N2O2. The van der Waals surface area contributed by atoms with E-state index >= 15 is 0 Å². The van der Waals surface area contributed by atoms with Crippen molar-refractivity contribution in [3.8, 4) is 0 Å². The van der Waals surface area contributed by atoms with Crippen LogP contribution in [-0.4, -0.2) is 32.3 Å². The molecule has 1 atom stereocenters. The first-order chi connectivity index (χ1) is 6.33. The van der Waals surface area contributed by atoms with Crippen LogP contribution < -0.4 is 10.6 Å². The average Bonchev–Trinajstić information content (AvgIpc) is 2.64. The molecule has 2 amide bonds. The average molecular weight is 186 g/mol. The number of ether oxygens (including phenoxy) is 1. The predicted octanol–water partition coefficient (Wildman–Crippen LogP) is 0.732. The Morgan fingerprint density at radius 2 is 2.38 bits per heavy atom. The van der Waals surface area contributed by atoms with Crippen molar-refractivity contribution in [3.63, 3.8) is 0 Å². The van der Waals surface area contributed by atoms with E-state index in [0.29, 0.717) is 5.92 Å². The van der Waals surface area contributed by atoms with Gasteiger partial charge in [0.2, 0.25) is 0 Å². The standard InChI is InChI=1S/C9H18N2O2/c1-2-4-10-9(12)11-6-8-3-5-13-7-8/h8H,2-7H2,1H3,(H2,10,11,12). The summed E-state index contributed by atoms with van der Waals surface area (Å²) < 4.78 is 5.20. The molecule has 1 unspecified atom stereocenters. The highest BCUT2D eigenvalue weighted by Crippen LogP contribution is 2.10. The summed E-state index contributed by atoms with van der Waals surface area (Å²) in [6, 6.07) is -0.0613. The van der Waals surface area contributed by atoms with Gasteiger partial charge in [-0.1, -0.05) is 6.92 Å². The summed E-state index contributed by atoms with van der Waals surface area (Å²) in [5.41, 5.74) is 0. The normalized spacial score (nSPS) is 21.5. The molecule has 13 heavy (non-hydrogen) atoms. The van der Waals surface area contributed by atoms with Crippen molar-refractivity contribution in [2.45, 2.75) is 19.8 Å². The molecule has 0 aromatic heterocycles. The van der Waals surface area contributed by atoms with Gasteiger partial charge in [0, 0.05) is 25.6 Å². The van der Waals surface area contributed by atoms with Gasteiger partial charge in [0.25, 0.3) is 0 Å². The van der Waals surface area contributed by atoms with E-state index < -0.39 is 0 Å². The van der Waals surface area contributed by atoms with Crippen LogP contribution in [0.25, 0.3) is 0 Å². The molecular weight excluding hydrogens is 168 g/mol. The Kier molecular flexibility index (Phi) is 4.60. The minimum atomic E-state index is -0.0613. The highest BCUT2D eigenvalue weighted by Gasteiger charge is 2.15. The minimum absolute atomic E-state index is 0.0613. The summed E-state index contributed by atoms with van der Waals surface area (Å²) in [5, 5.41) is 5.59. The SMILES string of the molecule is CCCNC(=O)NCC1CCOC1. The molecule has 76 valence electrons. The molecule has 0 aliphatic carbocycles. The van der Waals surface area contributed by atoms with Gasteiger partial charge in [-0.2, -0.15) is 0 Å². The maximum Gasteiger partial charge on any atom is 0.314 e. The van der Waals surface area contributed by atoms with Crippen LogP contribution in [0.1, 0.15) is 19.8 Å². The molecule has 4 heteroatoms. The summed E-state index contributed by atoms with van der Waals surface area (Å²) in [6.45, 7) is 5.13. The van der Waals surface area contributed by atoms with Gasteiger partial charge < -0.3 is 15.4 Å². The van der Waals surface area contributed by atoms with Crippen molar-refractivity contribution in [2.24, 2.45) is 5.92 Å². The summed E-state index contributed by atoms with van der Waals surface area (Å²) >= 11 is 0. The summed E-state index contributed by atoms with van der Waals surface area (Å²) in [7, 11) is 0. The number of carbonyl (C=O) groups excluding carboxylic acids is 1. The van der Waals surface area contributed by atoms with E-state index in [9.17, 15) is 4.79 Å². The monoisotopic (exact) mass is 186 g/mol. The second-order valence-corrected chi connectivity index (χ2v) is 3.37. The van der Waals surface area contributed by atoms with Crippen molar-refractivity contribution < 1.29 is 9.53 Å². The van der Waals surface area contributed by atoms with Crippen molar-refractivity contribution in [3.05, 3.63) is 0 Å². The second-order valence-electron chi connectivity index (χ2n) is 3.37. The third-order valence-electron chi connectivity index (χ3n) is 2.11. The fourth-order valence-electron chi connectivity index (χ4n) is 1.28. The quantitative estimate of drug-likeness (QED) is 0.680. The molecule has 0 saturated carbocycles. The van der Waals surface area contributed by atoms with Gasteiger partial charge in [-0.15, -0.1) is 0 Å². The number of urea groups is 1. The van der Waals surface area contributed by atoms with Crippen molar-refractivity contribution in [1.82, 2.24) is 10.6 Å². The van der Waals surface area contributed by atoms with Gasteiger partial charge in [-0.3, -0.25) is 0 Å². The summed E-state index contributed by atoms with van der Waals surface area (Å²) in [6.07, 6.45) is 2.04. The third kappa shape index (κ3) is 4.12. The summed E-state index contributed by atoms with van der Waals surface area (Å²) in [5.74, 6) is 0.507. The Hall–Kier alpha value is -0.770. The summed E-state index contributed by atoms with van der Waals surface area (Å²) in [4.78, 5) is 11.1. The lowest BCUT2D eigenvalue weighted by atomic mass is 10.1. The van der Waals surface area contributed by atoms with Crippen LogP contribution in [0.4, 0.5) is 4.79 Å². The Morgan fingerprint density at radius 1 is 1.54 bits per heavy atom. The number of carbonyl (C=O) groups is 1. The highest BCUT2D eigenvalue weighted by molar-refractivity contribution is 5.73. The molecule has 0 spiro atoms. The smallest absolute Gasteiger partial charge is 0.314 e. The molecule has 0 radical (unpaired) electrons. The zero-order valence-electron chi connectivity index (χ0n) is 8.14. The molecule has 1 aliphatic heterocycles. The molecule has 2 N–H and O–H groups in total. The maximum absolute atomic E-state index is 11.1. The number of nitrogens with one attached hydrogen (secondary N) is 2. The molecule has 1 fully saturated rings. The van der Waals surface area contributed by atoms with E-state index in [4.69, 9.17) is 4.74 Å². The molecule has 1 rings (SSSR count). The van der Waals surface area contributed by atoms with Crippen LogP contribution in [0.15, 0.2) is 0 Å². The number of rotatable bonds is 4. The molecule has 4 nitrogen and oxygen atoms in total.